The van der Waals surface area contributed by atoms with Gasteiger partial charge in [0.05, 0.1) is 6.33 Å². The zero-order valence-corrected chi connectivity index (χ0v) is 11.7. The minimum absolute atomic E-state index is 0.699. The van der Waals surface area contributed by atoms with E-state index in [9.17, 15) is 0 Å². The minimum atomic E-state index is 0.699. The molecule has 18 heavy (non-hydrogen) atoms. The van der Waals surface area contributed by atoms with Gasteiger partial charge in [-0.25, -0.2) is 4.98 Å². The zero-order valence-electron chi connectivity index (χ0n) is 11.7. The van der Waals surface area contributed by atoms with Crippen molar-refractivity contribution in [2.75, 3.05) is 32.7 Å². The van der Waals surface area contributed by atoms with Crippen molar-refractivity contribution in [3.8, 4) is 0 Å². The maximum absolute atomic E-state index is 4.35. The summed E-state index contributed by atoms with van der Waals surface area (Å²) in [5, 5.41) is 3.43. The molecule has 102 valence electrons. The average Bonchev–Trinajstić information content (AvgIpc) is 2.89. The summed E-state index contributed by atoms with van der Waals surface area (Å²) in [6.45, 7) is 11.2. The summed E-state index contributed by atoms with van der Waals surface area (Å²) in [5.74, 6) is 0.699. The first-order valence-corrected chi connectivity index (χ1v) is 7.28. The van der Waals surface area contributed by atoms with E-state index in [0.29, 0.717) is 5.92 Å². The predicted molar refractivity (Wildman–Crippen MR) is 74.9 cm³/mol. The van der Waals surface area contributed by atoms with Crippen LogP contribution in [0.25, 0.3) is 0 Å². The molecular weight excluding hydrogens is 224 g/mol. The maximum Gasteiger partial charge on any atom is 0.0948 e. The SMILES string of the molecule is CCN(CC)CCn1cncc1C1CCNCC1. The zero-order chi connectivity index (χ0) is 12.8. The lowest BCUT2D eigenvalue weighted by atomic mass is 9.95. The van der Waals surface area contributed by atoms with Gasteiger partial charge >= 0.3 is 0 Å². The molecule has 0 aromatic carbocycles. The molecule has 0 spiro atoms. The molecule has 1 aliphatic heterocycles. The van der Waals surface area contributed by atoms with Crippen molar-refractivity contribution in [1.82, 2.24) is 19.8 Å². The van der Waals surface area contributed by atoms with Crippen LogP contribution in [0.2, 0.25) is 0 Å². The number of rotatable bonds is 6. The second-order valence-electron chi connectivity index (χ2n) is 5.06. The molecule has 4 heteroatoms. The van der Waals surface area contributed by atoms with E-state index >= 15 is 0 Å². The highest BCUT2D eigenvalue weighted by molar-refractivity contribution is 5.07. The third-order valence-electron chi connectivity index (χ3n) is 4.05. The van der Waals surface area contributed by atoms with Crippen molar-refractivity contribution < 1.29 is 0 Å². The number of imidazole rings is 1. The Morgan fingerprint density at radius 2 is 2.06 bits per heavy atom. The Hall–Kier alpha value is -0.870. The molecule has 1 saturated heterocycles. The highest BCUT2D eigenvalue weighted by Gasteiger charge is 2.18. The summed E-state index contributed by atoms with van der Waals surface area (Å²) >= 11 is 0. The Morgan fingerprint density at radius 3 is 2.72 bits per heavy atom. The van der Waals surface area contributed by atoms with Gasteiger partial charge in [0.15, 0.2) is 0 Å². The fourth-order valence-corrected chi connectivity index (χ4v) is 2.76. The lowest BCUT2D eigenvalue weighted by Gasteiger charge is -2.25. The topological polar surface area (TPSA) is 33.1 Å². The Morgan fingerprint density at radius 1 is 1.33 bits per heavy atom. The first kappa shape index (κ1) is 13.6. The first-order valence-electron chi connectivity index (χ1n) is 7.28. The number of hydrogen-bond acceptors (Lipinski definition) is 3. The average molecular weight is 250 g/mol. The first-order chi connectivity index (χ1) is 8.85. The van der Waals surface area contributed by atoms with E-state index < -0.39 is 0 Å². The number of nitrogens with zero attached hydrogens (tertiary/aromatic N) is 3. The summed E-state index contributed by atoms with van der Waals surface area (Å²) in [4.78, 5) is 6.82. The molecule has 1 aromatic heterocycles. The third kappa shape index (κ3) is 3.33. The van der Waals surface area contributed by atoms with Crippen molar-refractivity contribution in [2.24, 2.45) is 0 Å². The molecule has 1 aromatic rings. The van der Waals surface area contributed by atoms with Gasteiger partial charge < -0.3 is 14.8 Å². The lowest BCUT2D eigenvalue weighted by Crippen LogP contribution is -2.29. The van der Waals surface area contributed by atoms with Crippen LogP contribution in [0.3, 0.4) is 0 Å². The summed E-state index contributed by atoms with van der Waals surface area (Å²) in [5.41, 5.74) is 1.43. The van der Waals surface area contributed by atoms with E-state index in [1.165, 1.54) is 18.5 Å². The molecule has 4 nitrogen and oxygen atoms in total. The van der Waals surface area contributed by atoms with Crippen LogP contribution >= 0.6 is 0 Å². The normalized spacial score (nSPS) is 17.5. The molecule has 0 atom stereocenters. The van der Waals surface area contributed by atoms with Gasteiger partial charge in [-0.05, 0) is 39.0 Å². The molecule has 2 rings (SSSR count). The van der Waals surface area contributed by atoms with Crippen molar-refractivity contribution in [3.63, 3.8) is 0 Å². The number of hydrogen-bond donors (Lipinski definition) is 1. The van der Waals surface area contributed by atoms with Gasteiger partial charge in [0.1, 0.15) is 0 Å². The van der Waals surface area contributed by atoms with Gasteiger partial charge in [0.25, 0.3) is 0 Å². The lowest BCUT2D eigenvalue weighted by molar-refractivity contribution is 0.287. The largest absolute Gasteiger partial charge is 0.333 e. The second kappa shape index (κ2) is 6.90. The van der Waals surface area contributed by atoms with Gasteiger partial charge in [0.2, 0.25) is 0 Å². The van der Waals surface area contributed by atoms with Crippen LogP contribution in [0.15, 0.2) is 12.5 Å². The second-order valence-corrected chi connectivity index (χ2v) is 5.06. The fourth-order valence-electron chi connectivity index (χ4n) is 2.76. The van der Waals surface area contributed by atoms with Gasteiger partial charge in [-0.2, -0.15) is 0 Å². The van der Waals surface area contributed by atoms with Crippen LogP contribution in [0.5, 0.6) is 0 Å². The highest BCUT2D eigenvalue weighted by Crippen LogP contribution is 2.24. The number of piperidine rings is 1. The van der Waals surface area contributed by atoms with E-state index in [2.05, 4.69) is 39.8 Å². The molecule has 1 fully saturated rings. The molecule has 0 amide bonds. The van der Waals surface area contributed by atoms with Crippen LogP contribution in [0, 0.1) is 0 Å². The Labute approximate surface area is 110 Å². The Bertz CT molecular complexity index is 337. The molecule has 0 bridgehead atoms. The van der Waals surface area contributed by atoms with E-state index in [-0.39, 0.29) is 0 Å². The quantitative estimate of drug-likeness (QED) is 0.834. The Balaban J connectivity index is 1.94. The van der Waals surface area contributed by atoms with E-state index in [4.69, 9.17) is 0 Å². The van der Waals surface area contributed by atoms with Gasteiger partial charge in [-0.3, -0.25) is 0 Å². The number of likely N-dealkylation sites (N-methyl/N-ethyl adjacent to an activating group) is 1. The van der Waals surface area contributed by atoms with E-state index in [1.807, 2.05) is 6.33 Å². The molecule has 0 radical (unpaired) electrons. The molecule has 1 N–H and O–H groups in total. The van der Waals surface area contributed by atoms with Crippen molar-refractivity contribution in [3.05, 3.63) is 18.2 Å². The molecule has 0 unspecified atom stereocenters. The predicted octanol–water partition coefficient (Wildman–Crippen LogP) is 1.69. The minimum Gasteiger partial charge on any atom is -0.333 e. The molecule has 1 aliphatic rings. The summed E-state index contributed by atoms with van der Waals surface area (Å²) in [7, 11) is 0. The van der Waals surface area contributed by atoms with Crippen molar-refractivity contribution >= 4 is 0 Å². The molecule has 0 saturated carbocycles. The van der Waals surface area contributed by atoms with Crippen LogP contribution in [0.1, 0.15) is 38.3 Å². The van der Waals surface area contributed by atoms with Gasteiger partial charge in [-0.1, -0.05) is 13.8 Å². The standard InChI is InChI=1S/C14H26N4/c1-3-17(4-2)9-10-18-12-16-11-14(18)13-5-7-15-8-6-13/h11-13,15H,3-10H2,1-2H3. The summed E-state index contributed by atoms with van der Waals surface area (Å²) < 4.78 is 2.36. The fraction of sp³-hybridized carbons (Fsp3) is 0.786. The van der Waals surface area contributed by atoms with Crippen molar-refractivity contribution in [1.29, 1.82) is 0 Å². The van der Waals surface area contributed by atoms with Gasteiger partial charge in [0, 0.05) is 30.9 Å². The molecule has 2 heterocycles. The number of nitrogens with one attached hydrogen (secondary N) is 1. The van der Waals surface area contributed by atoms with E-state index in [1.54, 1.807) is 0 Å². The Kier molecular flexibility index (Phi) is 5.20. The number of aromatic nitrogens is 2. The van der Waals surface area contributed by atoms with Crippen LogP contribution < -0.4 is 5.32 Å². The van der Waals surface area contributed by atoms with Gasteiger partial charge in [-0.15, -0.1) is 0 Å². The van der Waals surface area contributed by atoms with E-state index in [0.717, 1.165) is 39.3 Å². The smallest absolute Gasteiger partial charge is 0.0948 e. The molecular formula is C14H26N4. The van der Waals surface area contributed by atoms with Crippen LogP contribution in [-0.2, 0) is 6.54 Å². The highest BCUT2D eigenvalue weighted by atomic mass is 15.1. The maximum atomic E-state index is 4.35. The van der Waals surface area contributed by atoms with Crippen LogP contribution in [0.4, 0.5) is 0 Å². The third-order valence-corrected chi connectivity index (χ3v) is 4.05. The summed E-state index contributed by atoms with van der Waals surface area (Å²) in [6, 6.07) is 0. The molecule has 0 aliphatic carbocycles. The summed E-state index contributed by atoms with van der Waals surface area (Å²) in [6.07, 6.45) is 6.56. The monoisotopic (exact) mass is 250 g/mol. The van der Waals surface area contributed by atoms with Crippen molar-refractivity contribution in [2.45, 2.75) is 39.2 Å². The van der Waals surface area contributed by atoms with Crippen LogP contribution in [-0.4, -0.2) is 47.2 Å².